The SMILES string of the molecule is CC(C)(C)c1ccc2[nH]c(-c3cccs3)cc2c1. The third-order valence-electron chi connectivity index (χ3n) is 3.27. The number of H-pyrrole nitrogens is 1. The predicted molar refractivity (Wildman–Crippen MR) is 80.3 cm³/mol. The maximum absolute atomic E-state index is 3.49. The lowest BCUT2D eigenvalue weighted by atomic mass is 9.86. The molecule has 1 nitrogen and oxygen atoms in total. The Morgan fingerprint density at radius 3 is 2.56 bits per heavy atom. The van der Waals surface area contributed by atoms with Crippen molar-refractivity contribution in [2.45, 2.75) is 26.2 Å². The summed E-state index contributed by atoms with van der Waals surface area (Å²) in [5.41, 5.74) is 4.01. The molecule has 3 rings (SSSR count). The van der Waals surface area contributed by atoms with Crippen LogP contribution in [-0.4, -0.2) is 4.98 Å². The Morgan fingerprint density at radius 1 is 1.06 bits per heavy atom. The highest BCUT2D eigenvalue weighted by Gasteiger charge is 2.14. The molecule has 0 fully saturated rings. The first-order valence-corrected chi connectivity index (χ1v) is 7.09. The van der Waals surface area contributed by atoms with Crippen molar-refractivity contribution in [3.05, 3.63) is 47.3 Å². The second kappa shape index (κ2) is 3.99. The van der Waals surface area contributed by atoms with E-state index < -0.39 is 0 Å². The number of hydrogen-bond acceptors (Lipinski definition) is 1. The predicted octanol–water partition coefficient (Wildman–Crippen LogP) is 5.19. The highest BCUT2D eigenvalue weighted by Crippen LogP contribution is 2.30. The van der Waals surface area contributed by atoms with Gasteiger partial charge in [-0.2, -0.15) is 0 Å². The van der Waals surface area contributed by atoms with Crippen molar-refractivity contribution in [1.29, 1.82) is 0 Å². The maximum Gasteiger partial charge on any atom is 0.0566 e. The minimum atomic E-state index is 0.203. The first-order valence-electron chi connectivity index (χ1n) is 6.21. The van der Waals surface area contributed by atoms with Crippen molar-refractivity contribution in [2.24, 2.45) is 0 Å². The van der Waals surface area contributed by atoms with E-state index in [1.54, 1.807) is 11.3 Å². The van der Waals surface area contributed by atoms with Gasteiger partial charge in [0.25, 0.3) is 0 Å². The fourth-order valence-corrected chi connectivity index (χ4v) is 2.86. The van der Waals surface area contributed by atoms with Crippen molar-refractivity contribution in [2.75, 3.05) is 0 Å². The van der Waals surface area contributed by atoms with Gasteiger partial charge in [-0.05, 0) is 40.6 Å². The molecule has 0 radical (unpaired) electrons. The summed E-state index contributed by atoms with van der Waals surface area (Å²) in [6.07, 6.45) is 0. The average molecular weight is 255 g/mol. The third kappa shape index (κ3) is 1.97. The van der Waals surface area contributed by atoms with Gasteiger partial charge >= 0.3 is 0 Å². The highest BCUT2D eigenvalue weighted by molar-refractivity contribution is 7.13. The van der Waals surface area contributed by atoms with E-state index in [0.29, 0.717) is 0 Å². The van der Waals surface area contributed by atoms with Crippen LogP contribution in [0.4, 0.5) is 0 Å². The number of rotatable bonds is 1. The first-order chi connectivity index (χ1) is 8.54. The van der Waals surface area contributed by atoms with Gasteiger partial charge < -0.3 is 4.98 Å². The van der Waals surface area contributed by atoms with E-state index >= 15 is 0 Å². The monoisotopic (exact) mass is 255 g/mol. The topological polar surface area (TPSA) is 15.8 Å². The van der Waals surface area contributed by atoms with E-state index in [1.807, 2.05) is 0 Å². The number of hydrogen-bond donors (Lipinski definition) is 1. The van der Waals surface area contributed by atoms with Crippen LogP contribution in [0.15, 0.2) is 41.8 Å². The van der Waals surface area contributed by atoms with Crippen LogP contribution in [0.2, 0.25) is 0 Å². The van der Waals surface area contributed by atoms with E-state index in [9.17, 15) is 0 Å². The van der Waals surface area contributed by atoms with E-state index in [4.69, 9.17) is 0 Å². The Labute approximate surface area is 111 Å². The van der Waals surface area contributed by atoms with Gasteiger partial charge in [-0.3, -0.25) is 0 Å². The van der Waals surface area contributed by atoms with E-state index in [2.05, 4.69) is 67.5 Å². The molecule has 1 N–H and O–H groups in total. The molecule has 92 valence electrons. The largest absolute Gasteiger partial charge is 0.354 e. The Morgan fingerprint density at radius 2 is 1.89 bits per heavy atom. The number of aromatic nitrogens is 1. The first kappa shape index (κ1) is 11.5. The van der Waals surface area contributed by atoms with Gasteiger partial charge in [0.05, 0.1) is 10.6 Å². The van der Waals surface area contributed by atoms with Crippen molar-refractivity contribution in [3.63, 3.8) is 0 Å². The maximum atomic E-state index is 3.49. The molecule has 0 aliphatic heterocycles. The molecule has 18 heavy (non-hydrogen) atoms. The lowest BCUT2D eigenvalue weighted by molar-refractivity contribution is 0.591. The minimum Gasteiger partial charge on any atom is -0.354 e. The second-order valence-electron chi connectivity index (χ2n) is 5.71. The summed E-state index contributed by atoms with van der Waals surface area (Å²) >= 11 is 1.77. The molecule has 0 atom stereocenters. The number of thiophene rings is 1. The van der Waals surface area contributed by atoms with Crippen molar-refractivity contribution < 1.29 is 0 Å². The van der Waals surface area contributed by atoms with Crippen LogP contribution in [0, 0.1) is 0 Å². The molecular weight excluding hydrogens is 238 g/mol. The van der Waals surface area contributed by atoms with Crippen LogP contribution >= 0.6 is 11.3 Å². The number of fused-ring (bicyclic) bond motifs is 1. The zero-order chi connectivity index (χ0) is 12.8. The smallest absolute Gasteiger partial charge is 0.0566 e. The molecular formula is C16H17NS. The minimum absolute atomic E-state index is 0.203. The quantitative estimate of drug-likeness (QED) is 0.615. The number of aromatic amines is 1. The molecule has 0 aliphatic rings. The molecule has 0 aliphatic carbocycles. The molecule has 0 saturated carbocycles. The lowest BCUT2D eigenvalue weighted by Crippen LogP contribution is -2.10. The van der Waals surface area contributed by atoms with Crippen LogP contribution in [0.1, 0.15) is 26.3 Å². The highest BCUT2D eigenvalue weighted by atomic mass is 32.1. The fourth-order valence-electron chi connectivity index (χ4n) is 2.16. The van der Waals surface area contributed by atoms with Gasteiger partial charge in [-0.25, -0.2) is 0 Å². The Hall–Kier alpha value is -1.54. The van der Waals surface area contributed by atoms with Gasteiger partial charge in [-0.15, -0.1) is 11.3 Å². The third-order valence-corrected chi connectivity index (χ3v) is 4.18. The van der Waals surface area contributed by atoms with Gasteiger partial charge in [0.15, 0.2) is 0 Å². The molecule has 0 spiro atoms. The molecule has 0 bridgehead atoms. The molecule has 3 aromatic rings. The Balaban J connectivity index is 2.13. The van der Waals surface area contributed by atoms with Crippen LogP contribution in [0.25, 0.3) is 21.5 Å². The summed E-state index contributed by atoms with van der Waals surface area (Å²) in [5.74, 6) is 0. The molecule has 2 aromatic heterocycles. The molecule has 2 heteroatoms. The van der Waals surface area contributed by atoms with Crippen molar-refractivity contribution >= 4 is 22.2 Å². The van der Waals surface area contributed by atoms with Crippen LogP contribution in [0.5, 0.6) is 0 Å². The molecule has 1 aromatic carbocycles. The van der Waals surface area contributed by atoms with Crippen molar-refractivity contribution in [1.82, 2.24) is 4.98 Å². The van der Waals surface area contributed by atoms with Gasteiger partial charge in [0, 0.05) is 10.9 Å². The average Bonchev–Trinajstić information content (AvgIpc) is 2.95. The standard InChI is InChI=1S/C16H17NS/c1-16(2,3)12-6-7-13-11(9-12)10-14(17-13)15-5-4-8-18-15/h4-10,17H,1-3H3. The summed E-state index contributed by atoms with van der Waals surface area (Å²) in [6, 6.07) is 13.2. The summed E-state index contributed by atoms with van der Waals surface area (Å²) in [4.78, 5) is 4.78. The van der Waals surface area contributed by atoms with Gasteiger partial charge in [0.2, 0.25) is 0 Å². The molecule has 0 saturated heterocycles. The summed E-state index contributed by atoms with van der Waals surface area (Å²) < 4.78 is 0. The fraction of sp³-hybridized carbons (Fsp3) is 0.250. The van der Waals surface area contributed by atoms with E-state index in [-0.39, 0.29) is 5.41 Å². The molecule has 2 heterocycles. The van der Waals surface area contributed by atoms with Crippen LogP contribution in [-0.2, 0) is 5.41 Å². The lowest BCUT2D eigenvalue weighted by Gasteiger charge is -2.18. The normalized spacial score (nSPS) is 12.2. The van der Waals surface area contributed by atoms with Crippen LogP contribution in [0.3, 0.4) is 0 Å². The Bertz CT molecular complexity index is 669. The summed E-state index contributed by atoms with van der Waals surface area (Å²) in [5, 5.41) is 3.41. The van der Waals surface area contributed by atoms with E-state index in [1.165, 1.54) is 27.0 Å². The molecule has 0 amide bonds. The molecule has 0 unspecified atom stereocenters. The van der Waals surface area contributed by atoms with Crippen molar-refractivity contribution in [3.8, 4) is 10.6 Å². The number of benzene rings is 1. The number of nitrogens with one attached hydrogen (secondary N) is 1. The zero-order valence-electron chi connectivity index (χ0n) is 10.9. The van der Waals surface area contributed by atoms with Gasteiger partial charge in [0.1, 0.15) is 0 Å². The summed E-state index contributed by atoms with van der Waals surface area (Å²) in [7, 11) is 0. The van der Waals surface area contributed by atoms with Gasteiger partial charge in [-0.1, -0.05) is 32.9 Å². The zero-order valence-corrected chi connectivity index (χ0v) is 11.8. The van der Waals surface area contributed by atoms with E-state index in [0.717, 1.165) is 0 Å². The second-order valence-corrected chi connectivity index (χ2v) is 6.66. The summed E-state index contributed by atoms with van der Waals surface area (Å²) in [6.45, 7) is 6.75. The Kier molecular flexibility index (Phi) is 2.56. The van der Waals surface area contributed by atoms with Crippen LogP contribution < -0.4 is 0 Å².